The number of methoxy groups -OCH3 is 1. The van der Waals surface area contributed by atoms with Crippen LogP contribution in [0.1, 0.15) is 41.5 Å². The summed E-state index contributed by atoms with van der Waals surface area (Å²) in [6, 6.07) is 18.5. The van der Waals surface area contributed by atoms with Gasteiger partial charge in [0.15, 0.2) is 0 Å². The van der Waals surface area contributed by atoms with Gasteiger partial charge in [-0.2, -0.15) is 0 Å². The molecule has 3 aromatic rings. The standard InChI is InChI=1S/C27H28N2O4S/c1-33-27(30)12-6-5-11-26(22-8-7-15-28-19-22)21-14-13-20-17-24(18-23(20)16-21)29-34(31,32)25-9-3-2-4-10-25/h2-4,7-11,13-16,19,24,29H,5-6,12,17-18H2,1H3/b26-11-. The number of rotatable bonds is 9. The molecule has 7 heteroatoms. The molecule has 6 nitrogen and oxygen atoms in total. The van der Waals surface area contributed by atoms with Gasteiger partial charge in [0.05, 0.1) is 12.0 Å². The summed E-state index contributed by atoms with van der Waals surface area (Å²) >= 11 is 0. The monoisotopic (exact) mass is 476 g/mol. The molecule has 1 aliphatic carbocycles. The zero-order valence-electron chi connectivity index (χ0n) is 19.1. The third-order valence-corrected chi connectivity index (χ3v) is 7.50. The normalized spacial score (nSPS) is 15.7. The van der Waals surface area contributed by atoms with Gasteiger partial charge in [0, 0.05) is 30.4 Å². The van der Waals surface area contributed by atoms with Crippen LogP contribution in [-0.2, 0) is 32.4 Å². The van der Waals surface area contributed by atoms with E-state index in [0.717, 1.165) is 34.2 Å². The quantitative estimate of drug-likeness (QED) is 0.368. The Kier molecular flexibility index (Phi) is 7.55. The van der Waals surface area contributed by atoms with E-state index >= 15 is 0 Å². The largest absolute Gasteiger partial charge is 0.469 e. The predicted octanol–water partition coefficient (Wildman–Crippen LogP) is 4.30. The molecule has 0 amide bonds. The van der Waals surface area contributed by atoms with E-state index in [1.165, 1.54) is 7.11 Å². The van der Waals surface area contributed by atoms with Crippen LogP contribution in [0.2, 0.25) is 0 Å². The number of nitrogens with one attached hydrogen (secondary N) is 1. The first-order valence-corrected chi connectivity index (χ1v) is 12.8. The Morgan fingerprint density at radius 3 is 2.59 bits per heavy atom. The van der Waals surface area contributed by atoms with E-state index in [0.29, 0.717) is 25.7 Å². The van der Waals surface area contributed by atoms with E-state index in [-0.39, 0.29) is 16.9 Å². The number of carbonyl (C=O) groups excluding carboxylic acids is 1. The lowest BCUT2D eigenvalue weighted by Crippen LogP contribution is -2.35. The van der Waals surface area contributed by atoms with Crippen molar-refractivity contribution in [3.63, 3.8) is 0 Å². The number of hydrogen-bond donors (Lipinski definition) is 1. The summed E-state index contributed by atoms with van der Waals surface area (Å²) in [5.41, 5.74) is 5.40. The molecule has 1 aromatic heterocycles. The molecule has 1 unspecified atom stereocenters. The fourth-order valence-electron chi connectivity index (χ4n) is 4.28. The second kappa shape index (κ2) is 10.8. The van der Waals surface area contributed by atoms with E-state index in [9.17, 15) is 13.2 Å². The van der Waals surface area contributed by atoms with Gasteiger partial charge >= 0.3 is 5.97 Å². The number of hydrogen-bond acceptors (Lipinski definition) is 5. The smallest absolute Gasteiger partial charge is 0.305 e. The number of aromatic nitrogens is 1. The molecule has 176 valence electrons. The van der Waals surface area contributed by atoms with Crippen LogP contribution >= 0.6 is 0 Å². The number of pyridine rings is 1. The number of benzene rings is 2. The van der Waals surface area contributed by atoms with Gasteiger partial charge in [-0.05, 0) is 66.1 Å². The van der Waals surface area contributed by atoms with E-state index in [4.69, 9.17) is 4.74 Å². The minimum Gasteiger partial charge on any atom is -0.469 e. The van der Waals surface area contributed by atoms with Crippen molar-refractivity contribution in [2.24, 2.45) is 0 Å². The first-order chi connectivity index (χ1) is 16.5. The highest BCUT2D eigenvalue weighted by Crippen LogP contribution is 2.30. The predicted molar refractivity (Wildman–Crippen MR) is 132 cm³/mol. The molecule has 0 aliphatic heterocycles. The van der Waals surface area contributed by atoms with Crippen LogP contribution in [-0.4, -0.2) is 32.5 Å². The minimum atomic E-state index is -3.56. The molecule has 1 heterocycles. The van der Waals surface area contributed by atoms with Crippen molar-refractivity contribution in [1.29, 1.82) is 0 Å². The molecular formula is C27H28N2O4S. The average Bonchev–Trinajstić information content (AvgIpc) is 3.25. The van der Waals surface area contributed by atoms with Crippen molar-refractivity contribution >= 4 is 21.6 Å². The molecular weight excluding hydrogens is 448 g/mol. The summed E-state index contributed by atoms with van der Waals surface area (Å²) in [5, 5.41) is 0. The van der Waals surface area contributed by atoms with Crippen molar-refractivity contribution in [2.75, 3.05) is 7.11 Å². The van der Waals surface area contributed by atoms with Crippen molar-refractivity contribution in [3.05, 3.63) is 101 Å². The molecule has 34 heavy (non-hydrogen) atoms. The van der Waals surface area contributed by atoms with Gasteiger partial charge < -0.3 is 4.74 Å². The fourth-order valence-corrected chi connectivity index (χ4v) is 5.53. The van der Waals surface area contributed by atoms with E-state index < -0.39 is 10.0 Å². The van der Waals surface area contributed by atoms with Crippen LogP contribution in [0, 0.1) is 0 Å². The Morgan fingerprint density at radius 1 is 1.06 bits per heavy atom. The third-order valence-electron chi connectivity index (χ3n) is 5.96. The Balaban J connectivity index is 1.52. The number of ether oxygens (including phenoxy) is 1. The molecule has 0 bridgehead atoms. The van der Waals surface area contributed by atoms with Crippen LogP contribution in [0.3, 0.4) is 0 Å². The van der Waals surface area contributed by atoms with Crippen LogP contribution < -0.4 is 4.72 Å². The SMILES string of the molecule is COC(=O)CCC/C=C(\c1cccnc1)c1ccc2c(c1)CC(NS(=O)(=O)c1ccccc1)C2. The highest BCUT2D eigenvalue weighted by molar-refractivity contribution is 7.89. The molecule has 1 N–H and O–H groups in total. The molecule has 0 radical (unpaired) electrons. The second-order valence-electron chi connectivity index (χ2n) is 8.35. The zero-order chi connectivity index (χ0) is 24.0. The molecule has 0 fully saturated rings. The van der Waals surface area contributed by atoms with Crippen LogP contribution in [0.15, 0.2) is 84.0 Å². The number of fused-ring (bicyclic) bond motifs is 1. The minimum absolute atomic E-state index is 0.179. The summed E-state index contributed by atoms with van der Waals surface area (Å²) in [5.74, 6) is -0.210. The first kappa shape index (κ1) is 23.9. The van der Waals surface area contributed by atoms with Crippen molar-refractivity contribution in [3.8, 4) is 0 Å². The number of carbonyl (C=O) groups is 1. The first-order valence-electron chi connectivity index (χ1n) is 11.3. The van der Waals surface area contributed by atoms with E-state index in [2.05, 4.69) is 34.0 Å². The van der Waals surface area contributed by atoms with Crippen molar-refractivity contribution in [2.45, 2.75) is 43.0 Å². The van der Waals surface area contributed by atoms with Gasteiger partial charge in [-0.3, -0.25) is 9.78 Å². The van der Waals surface area contributed by atoms with Gasteiger partial charge in [0.25, 0.3) is 0 Å². The summed E-state index contributed by atoms with van der Waals surface area (Å²) in [6.45, 7) is 0. The summed E-state index contributed by atoms with van der Waals surface area (Å²) in [6.07, 6.45) is 8.80. The van der Waals surface area contributed by atoms with Crippen LogP contribution in [0.25, 0.3) is 5.57 Å². The second-order valence-corrected chi connectivity index (χ2v) is 10.1. The van der Waals surface area contributed by atoms with Crippen LogP contribution in [0.5, 0.6) is 0 Å². The highest BCUT2D eigenvalue weighted by atomic mass is 32.2. The van der Waals surface area contributed by atoms with Crippen molar-refractivity contribution < 1.29 is 17.9 Å². The number of allylic oxidation sites excluding steroid dienone is 1. The van der Waals surface area contributed by atoms with Crippen molar-refractivity contribution in [1.82, 2.24) is 9.71 Å². The van der Waals surface area contributed by atoms with E-state index in [1.54, 1.807) is 36.5 Å². The maximum absolute atomic E-state index is 12.8. The molecule has 1 atom stereocenters. The summed E-state index contributed by atoms with van der Waals surface area (Å²) in [4.78, 5) is 16.0. The van der Waals surface area contributed by atoms with E-state index in [1.807, 2.05) is 18.3 Å². The summed E-state index contributed by atoms with van der Waals surface area (Å²) in [7, 11) is -2.16. The Hall–Kier alpha value is -3.29. The molecule has 0 spiro atoms. The van der Waals surface area contributed by atoms with Gasteiger partial charge in [-0.25, -0.2) is 13.1 Å². The molecule has 0 saturated heterocycles. The van der Waals surface area contributed by atoms with Gasteiger partial charge in [0.2, 0.25) is 10.0 Å². The third kappa shape index (κ3) is 5.79. The Labute approximate surface area is 200 Å². The van der Waals surface area contributed by atoms with Crippen LogP contribution in [0.4, 0.5) is 0 Å². The topological polar surface area (TPSA) is 85.4 Å². The molecule has 0 saturated carbocycles. The van der Waals surface area contributed by atoms with Gasteiger partial charge in [0.1, 0.15) is 0 Å². The number of sulfonamides is 1. The maximum Gasteiger partial charge on any atom is 0.305 e. The summed E-state index contributed by atoms with van der Waals surface area (Å²) < 4.78 is 33.1. The Morgan fingerprint density at radius 2 is 1.85 bits per heavy atom. The van der Waals surface area contributed by atoms with Gasteiger partial charge in [-0.1, -0.05) is 48.5 Å². The Bertz CT molecular complexity index is 1270. The van der Waals surface area contributed by atoms with Gasteiger partial charge in [-0.15, -0.1) is 0 Å². The maximum atomic E-state index is 12.8. The fraction of sp³-hybridized carbons (Fsp3) is 0.259. The number of unbranched alkanes of at least 4 members (excludes halogenated alkanes) is 1. The zero-order valence-corrected chi connectivity index (χ0v) is 19.9. The lowest BCUT2D eigenvalue weighted by atomic mass is 9.95. The lowest BCUT2D eigenvalue weighted by Gasteiger charge is -2.12. The molecule has 2 aromatic carbocycles. The highest BCUT2D eigenvalue weighted by Gasteiger charge is 2.27. The molecule has 4 rings (SSSR count). The molecule has 1 aliphatic rings. The number of esters is 1. The lowest BCUT2D eigenvalue weighted by molar-refractivity contribution is -0.140. The number of nitrogens with zero attached hydrogens (tertiary/aromatic N) is 1. The average molecular weight is 477 g/mol.